The van der Waals surface area contributed by atoms with Crippen molar-refractivity contribution < 1.29 is 13.9 Å². The van der Waals surface area contributed by atoms with Crippen LogP contribution in [-0.4, -0.2) is 54.2 Å². The third-order valence-electron chi connectivity index (χ3n) is 3.91. The smallest absolute Gasteiger partial charge is 0.244 e. The van der Waals surface area contributed by atoms with Crippen LogP contribution in [0.2, 0.25) is 0 Å². The van der Waals surface area contributed by atoms with Crippen LogP contribution in [0.15, 0.2) is 34.8 Å². The molecule has 2 atom stereocenters. The van der Waals surface area contributed by atoms with Gasteiger partial charge in [-0.05, 0) is 26.0 Å². The molecule has 1 amide bonds. The lowest BCUT2D eigenvalue weighted by atomic mass is 10.2. The van der Waals surface area contributed by atoms with E-state index in [1.54, 1.807) is 6.08 Å². The van der Waals surface area contributed by atoms with Crippen LogP contribution in [0, 0.1) is 0 Å². The van der Waals surface area contributed by atoms with E-state index in [1.807, 2.05) is 24.3 Å². The highest BCUT2D eigenvalue weighted by atomic mass is 16.5. The first kappa shape index (κ1) is 16.7. The van der Waals surface area contributed by atoms with Crippen LogP contribution in [-0.2, 0) is 9.53 Å². The zero-order valence-corrected chi connectivity index (χ0v) is 14.1. The third kappa shape index (κ3) is 4.43. The first-order valence-electron chi connectivity index (χ1n) is 8.29. The Labute approximate surface area is 141 Å². The second-order valence-electron chi connectivity index (χ2n) is 6.16. The van der Waals surface area contributed by atoms with Gasteiger partial charge in [-0.1, -0.05) is 12.1 Å². The van der Waals surface area contributed by atoms with Crippen LogP contribution in [0.25, 0.3) is 17.2 Å². The van der Waals surface area contributed by atoms with Gasteiger partial charge in [-0.15, -0.1) is 0 Å². The molecule has 0 spiro atoms. The predicted octanol–water partition coefficient (Wildman–Crippen LogP) is 2.07. The number of carbonyl (C=O) groups excluding carboxylic acids is 1. The summed E-state index contributed by atoms with van der Waals surface area (Å²) in [5.74, 6) is 0.286. The van der Waals surface area contributed by atoms with E-state index in [-0.39, 0.29) is 18.1 Å². The number of amides is 1. The SMILES string of the molecule is C[C@@H]1CN(CCNC(=O)/C=C/c2nc3ccccc3o2)C[C@@H](C)O1. The number of nitrogens with one attached hydrogen (secondary N) is 1. The number of morpholine rings is 1. The van der Waals surface area contributed by atoms with E-state index in [0.29, 0.717) is 18.0 Å². The number of hydrogen-bond donors (Lipinski definition) is 1. The van der Waals surface area contributed by atoms with Crippen LogP contribution in [0.4, 0.5) is 0 Å². The maximum absolute atomic E-state index is 11.9. The van der Waals surface area contributed by atoms with Gasteiger partial charge in [-0.2, -0.15) is 0 Å². The molecule has 2 heterocycles. The molecule has 0 unspecified atom stereocenters. The van der Waals surface area contributed by atoms with Gasteiger partial charge in [0, 0.05) is 38.3 Å². The fourth-order valence-electron chi connectivity index (χ4n) is 2.97. The highest BCUT2D eigenvalue weighted by molar-refractivity contribution is 5.91. The van der Waals surface area contributed by atoms with Gasteiger partial charge in [-0.3, -0.25) is 9.69 Å². The molecule has 0 saturated carbocycles. The summed E-state index contributed by atoms with van der Waals surface area (Å²) < 4.78 is 11.2. The highest BCUT2D eigenvalue weighted by Crippen LogP contribution is 2.15. The van der Waals surface area contributed by atoms with E-state index < -0.39 is 0 Å². The molecule has 6 nitrogen and oxygen atoms in total. The Hall–Kier alpha value is -2.18. The molecule has 128 valence electrons. The average molecular weight is 329 g/mol. The van der Waals surface area contributed by atoms with Gasteiger partial charge in [0.15, 0.2) is 5.58 Å². The molecular weight excluding hydrogens is 306 g/mol. The van der Waals surface area contributed by atoms with Crippen molar-refractivity contribution in [1.82, 2.24) is 15.2 Å². The topological polar surface area (TPSA) is 67.6 Å². The Morgan fingerprint density at radius 1 is 1.33 bits per heavy atom. The van der Waals surface area contributed by atoms with Crippen molar-refractivity contribution >= 4 is 23.1 Å². The number of rotatable bonds is 5. The van der Waals surface area contributed by atoms with Crippen molar-refractivity contribution in [2.75, 3.05) is 26.2 Å². The standard InChI is InChI=1S/C18H23N3O3/c1-13-11-21(12-14(2)23-13)10-9-19-17(22)7-8-18-20-15-5-3-4-6-16(15)24-18/h3-8,13-14H,9-12H2,1-2H3,(H,19,22)/b8-7+/t13-,14-/m1/s1. The van der Waals surface area contributed by atoms with E-state index in [0.717, 1.165) is 25.2 Å². The number of fused-ring (bicyclic) bond motifs is 1. The van der Waals surface area contributed by atoms with Crippen molar-refractivity contribution in [2.45, 2.75) is 26.1 Å². The van der Waals surface area contributed by atoms with Gasteiger partial charge >= 0.3 is 0 Å². The summed E-state index contributed by atoms with van der Waals surface area (Å²) in [6, 6.07) is 7.52. The quantitative estimate of drug-likeness (QED) is 0.851. The molecule has 1 aliphatic heterocycles. The minimum absolute atomic E-state index is 0.147. The van der Waals surface area contributed by atoms with Gasteiger partial charge in [0.1, 0.15) is 5.52 Å². The molecule has 0 bridgehead atoms. The lowest BCUT2D eigenvalue weighted by Gasteiger charge is -2.35. The first-order valence-corrected chi connectivity index (χ1v) is 8.29. The molecule has 3 rings (SSSR count). The maximum atomic E-state index is 11.9. The number of ether oxygens (including phenoxy) is 1. The molecule has 1 aromatic heterocycles. The molecule has 6 heteroatoms. The predicted molar refractivity (Wildman–Crippen MR) is 92.5 cm³/mol. The summed E-state index contributed by atoms with van der Waals surface area (Å²) in [5, 5.41) is 2.89. The van der Waals surface area contributed by atoms with E-state index in [1.165, 1.54) is 6.08 Å². The minimum Gasteiger partial charge on any atom is -0.437 e. The number of benzene rings is 1. The van der Waals surface area contributed by atoms with Crippen LogP contribution in [0.1, 0.15) is 19.7 Å². The fourth-order valence-corrected chi connectivity index (χ4v) is 2.97. The van der Waals surface area contributed by atoms with Crippen LogP contribution < -0.4 is 5.32 Å². The Morgan fingerprint density at radius 2 is 2.08 bits per heavy atom. The summed E-state index contributed by atoms with van der Waals surface area (Å²) >= 11 is 0. The monoisotopic (exact) mass is 329 g/mol. The molecule has 1 aliphatic rings. The zero-order valence-electron chi connectivity index (χ0n) is 14.1. The second kappa shape index (κ2) is 7.59. The van der Waals surface area contributed by atoms with E-state index >= 15 is 0 Å². The number of hydrogen-bond acceptors (Lipinski definition) is 5. The summed E-state index contributed by atoms with van der Waals surface area (Å²) in [6.07, 6.45) is 3.52. The van der Waals surface area contributed by atoms with Gasteiger partial charge in [0.2, 0.25) is 11.8 Å². The number of oxazole rings is 1. The normalized spacial score (nSPS) is 22.2. The number of carbonyl (C=O) groups is 1. The number of nitrogens with zero attached hydrogens (tertiary/aromatic N) is 2. The maximum Gasteiger partial charge on any atom is 0.244 e. The Morgan fingerprint density at radius 3 is 2.83 bits per heavy atom. The molecule has 0 radical (unpaired) electrons. The average Bonchev–Trinajstić information content (AvgIpc) is 2.95. The molecule has 1 fully saturated rings. The third-order valence-corrected chi connectivity index (χ3v) is 3.91. The highest BCUT2D eigenvalue weighted by Gasteiger charge is 2.21. The van der Waals surface area contributed by atoms with Crippen molar-refractivity contribution in [3.63, 3.8) is 0 Å². The summed E-state index contributed by atoms with van der Waals surface area (Å²) in [5.41, 5.74) is 1.50. The van der Waals surface area contributed by atoms with E-state index in [4.69, 9.17) is 9.15 Å². The van der Waals surface area contributed by atoms with Gasteiger partial charge < -0.3 is 14.5 Å². The molecule has 1 saturated heterocycles. The molecule has 1 aromatic carbocycles. The lowest BCUT2D eigenvalue weighted by molar-refractivity contribution is -0.116. The summed E-state index contributed by atoms with van der Waals surface area (Å²) in [7, 11) is 0. The van der Waals surface area contributed by atoms with Gasteiger partial charge in [0.05, 0.1) is 12.2 Å². The van der Waals surface area contributed by atoms with Crippen LogP contribution in [0.3, 0.4) is 0 Å². The molecule has 1 N–H and O–H groups in total. The van der Waals surface area contributed by atoms with Crippen molar-refractivity contribution in [3.8, 4) is 0 Å². The van der Waals surface area contributed by atoms with Gasteiger partial charge in [0.25, 0.3) is 0 Å². The number of para-hydroxylation sites is 2. The van der Waals surface area contributed by atoms with Crippen molar-refractivity contribution in [2.24, 2.45) is 0 Å². The first-order chi connectivity index (χ1) is 11.6. The summed E-state index contributed by atoms with van der Waals surface area (Å²) in [4.78, 5) is 18.5. The van der Waals surface area contributed by atoms with Crippen LogP contribution in [0.5, 0.6) is 0 Å². The number of aromatic nitrogens is 1. The molecule has 2 aromatic rings. The molecule has 0 aliphatic carbocycles. The van der Waals surface area contributed by atoms with Gasteiger partial charge in [-0.25, -0.2) is 4.98 Å². The Balaban J connectivity index is 1.45. The molecule has 24 heavy (non-hydrogen) atoms. The Bertz CT molecular complexity index is 682. The zero-order chi connectivity index (χ0) is 16.9. The largest absolute Gasteiger partial charge is 0.437 e. The van der Waals surface area contributed by atoms with E-state index in [2.05, 4.69) is 29.0 Å². The Kier molecular flexibility index (Phi) is 5.27. The van der Waals surface area contributed by atoms with Crippen LogP contribution >= 0.6 is 0 Å². The second-order valence-corrected chi connectivity index (χ2v) is 6.16. The van der Waals surface area contributed by atoms with E-state index in [9.17, 15) is 4.79 Å². The lowest BCUT2D eigenvalue weighted by Crippen LogP contribution is -2.47. The molecular formula is C18H23N3O3. The van der Waals surface area contributed by atoms with Crippen molar-refractivity contribution in [1.29, 1.82) is 0 Å². The summed E-state index contributed by atoms with van der Waals surface area (Å²) in [6.45, 7) is 7.38. The minimum atomic E-state index is -0.147. The van der Waals surface area contributed by atoms with Crippen molar-refractivity contribution in [3.05, 3.63) is 36.2 Å². The fraction of sp³-hybridized carbons (Fsp3) is 0.444.